The number of carbonyl (C=O) groups excluding carboxylic acids is 1. The molecule has 2 rings (SSSR count). The van der Waals surface area contributed by atoms with Crippen molar-refractivity contribution < 1.29 is 14.3 Å². The molecule has 1 atom stereocenters. The summed E-state index contributed by atoms with van der Waals surface area (Å²) >= 11 is 0. The Morgan fingerprint density at radius 2 is 1.76 bits per heavy atom. The SMILES string of the molecule is COc1ccc(OC)c(C(=O)NC(C)c2ccccc2)c1. The minimum absolute atomic E-state index is 0.0883. The molecule has 0 aromatic heterocycles. The largest absolute Gasteiger partial charge is 0.497 e. The van der Waals surface area contributed by atoms with Crippen LogP contribution in [-0.4, -0.2) is 20.1 Å². The van der Waals surface area contributed by atoms with E-state index in [4.69, 9.17) is 9.47 Å². The molecule has 1 amide bonds. The van der Waals surface area contributed by atoms with Gasteiger partial charge in [0.25, 0.3) is 5.91 Å². The van der Waals surface area contributed by atoms with Crippen molar-refractivity contribution >= 4 is 5.91 Å². The van der Waals surface area contributed by atoms with Crippen LogP contribution in [0.1, 0.15) is 28.9 Å². The van der Waals surface area contributed by atoms with E-state index in [1.165, 1.54) is 0 Å². The third-order valence-corrected chi connectivity index (χ3v) is 3.30. The van der Waals surface area contributed by atoms with Crippen molar-refractivity contribution in [3.05, 3.63) is 59.7 Å². The van der Waals surface area contributed by atoms with Crippen LogP contribution in [0.4, 0.5) is 0 Å². The predicted molar refractivity (Wildman–Crippen MR) is 81.9 cm³/mol. The highest BCUT2D eigenvalue weighted by Gasteiger charge is 2.16. The van der Waals surface area contributed by atoms with Crippen LogP contribution in [0.15, 0.2) is 48.5 Å². The number of hydrogen-bond acceptors (Lipinski definition) is 3. The smallest absolute Gasteiger partial charge is 0.255 e. The number of benzene rings is 2. The maximum atomic E-state index is 12.4. The fourth-order valence-electron chi connectivity index (χ4n) is 2.09. The van der Waals surface area contributed by atoms with Crippen LogP contribution in [0.3, 0.4) is 0 Å². The highest BCUT2D eigenvalue weighted by atomic mass is 16.5. The highest BCUT2D eigenvalue weighted by Crippen LogP contribution is 2.24. The summed E-state index contributed by atoms with van der Waals surface area (Å²) in [4.78, 5) is 12.4. The van der Waals surface area contributed by atoms with Gasteiger partial charge in [-0.15, -0.1) is 0 Å². The van der Waals surface area contributed by atoms with Gasteiger partial charge in [-0.3, -0.25) is 4.79 Å². The molecule has 1 N–H and O–H groups in total. The molecule has 4 heteroatoms. The Labute approximate surface area is 124 Å². The molecule has 2 aromatic carbocycles. The van der Waals surface area contributed by atoms with Crippen LogP contribution in [-0.2, 0) is 0 Å². The summed E-state index contributed by atoms with van der Waals surface area (Å²) < 4.78 is 10.4. The quantitative estimate of drug-likeness (QED) is 0.917. The van der Waals surface area contributed by atoms with E-state index in [1.54, 1.807) is 32.4 Å². The Bertz CT molecular complexity index is 611. The van der Waals surface area contributed by atoms with Crippen molar-refractivity contribution in [1.29, 1.82) is 0 Å². The van der Waals surface area contributed by atoms with Crippen molar-refractivity contribution in [3.8, 4) is 11.5 Å². The summed E-state index contributed by atoms with van der Waals surface area (Å²) in [5.74, 6) is 0.948. The van der Waals surface area contributed by atoms with Crippen molar-refractivity contribution in [3.63, 3.8) is 0 Å². The minimum Gasteiger partial charge on any atom is -0.497 e. The molecular weight excluding hydrogens is 266 g/mol. The van der Waals surface area contributed by atoms with Gasteiger partial charge in [-0.1, -0.05) is 30.3 Å². The molecule has 0 saturated carbocycles. The van der Waals surface area contributed by atoms with Gasteiger partial charge in [-0.25, -0.2) is 0 Å². The molecule has 110 valence electrons. The van der Waals surface area contributed by atoms with Gasteiger partial charge in [0, 0.05) is 0 Å². The Kier molecular flexibility index (Phi) is 4.82. The molecule has 0 heterocycles. The number of amides is 1. The molecule has 2 aromatic rings. The first kappa shape index (κ1) is 14.9. The van der Waals surface area contributed by atoms with Crippen LogP contribution in [0.5, 0.6) is 11.5 Å². The number of hydrogen-bond donors (Lipinski definition) is 1. The molecule has 0 bridgehead atoms. The first-order chi connectivity index (χ1) is 10.2. The van der Waals surface area contributed by atoms with Crippen LogP contribution >= 0.6 is 0 Å². The van der Waals surface area contributed by atoms with Crippen molar-refractivity contribution in [2.75, 3.05) is 14.2 Å². The van der Waals surface area contributed by atoms with Gasteiger partial charge in [0.05, 0.1) is 25.8 Å². The molecule has 4 nitrogen and oxygen atoms in total. The van der Waals surface area contributed by atoms with Gasteiger partial charge < -0.3 is 14.8 Å². The second kappa shape index (κ2) is 6.79. The lowest BCUT2D eigenvalue weighted by Gasteiger charge is -2.16. The number of nitrogens with one attached hydrogen (secondary N) is 1. The van der Waals surface area contributed by atoms with Crippen molar-refractivity contribution in [2.24, 2.45) is 0 Å². The minimum atomic E-state index is -0.192. The summed E-state index contributed by atoms with van der Waals surface area (Å²) in [6.07, 6.45) is 0. The Morgan fingerprint density at radius 1 is 1.05 bits per heavy atom. The second-order valence-electron chi connectivity index (χ2n) is 4.67. The van der Waals surface area contributed by atoms with Crippen molar-refractivity contribution in [1.82, 2.24) is 5.32 Å². The molecule has 0 spiro atoms. The molecule has 21 heavy (non-hydrogen) atoms. The Morgan fingerprint density at radius 3 is 2.38 bits per heavy atom. The van der Waals surface area contributed by atoms with E-state index in [9.17, 15) is 4.79 Å². The van der Waals surface area contributed by atoms with E-state index in [-0.39, 0.29) is 11.9 Å². The fourth-order valence-corrected chi connectivity index (χ4v) is 2.09. The van der Waals surface area contributed by atoms with E-state index < -0.39 is 0 Å². The highest BCUT2D eigenvalue weighted by molar-refractivity contribution is 5.97. The van der Waals surface area contributed by atoms with Gasteiger partial charge in [0.15, 0.2) is 0 Å². The lowest BCUT2D eigenvalue weighted by Crippen LogP contribution is -2.27. The maximum absolute atomic E-state index is 12.4. The van der Waals surface area contributed by atoms with Crippen LogP contribution in [0, 0.1) is 0 Å². The predicted octanol–water partition coefficient (Wildman–Crippen LogP) is 3.19. The standard InChI is InChI=1S/C17H19NO3/c1-12(13-7-5-4-6-8-13)18-17(19)15-11-14(20-2)9-10-16(15)21-3/h4-12H,1-3H3,(H,18,19). The normalized spacial score (nSPS) is 11.6. The molecule has 0 aliphatic carbocycles. The lowest BCUT2D eigenvalue weighted by atomic mass is 10.1. The van der Waals surface area contributed by atoms with E-state index >= 15 is 0 Å². The number of methoxy groups -OCH3 is 2. The fraction of sp³-hybridized carbons (Fsp3) is 0.235. The summed E-state index contributed by atoms with van der Waals surface area (Å²) in [5, 5.41) is 2.96. The van der Waals surface area contributed by atoms with E-state index in [0.29, 0.717) is 17.1 Å². The molecule has 0 fully saturated rings. The first-order valence-corrected chi connectivity index (χ1v) is 6.73. The average molecular weight is 285 g/mol. The molecule has 1 unspecified atom stereocenters. The summed E-state index contributed by atoms with van der Waals surface area (Å²) in [6.45, 7) is 1.94. The molecule has 0 aliphatic rings. The second-order valence-corrected chi connectivity index (χ2v) is 4.67. The van der Waals surface area contributed by atoms with Crippen LogP contribution in [0.2, 0.25) is 0 Å². The van der Waals surface area contributed by atoms with Crippen LogP contribution < -0.4 is 14.8 Å². The molecular formula is C17H19NO3. The zero-order valence-corrected chi connectivity index (χ0v) is 12.4. The number of rotatable bonds is 5. The van der Waals surface area contributed by atoms with E-state index in [1.807, 2.05) is 37.3 Å². The van der Waals surface area contributed by atoms with Gasteiger partial charge >= 0.3 is 0 Å². The molecule has 0 saturated heterocycles. The zero-order chi connectivity index (χ0) is 15.2. The van der Waals surface area contributed by atoms with Crippen molar-refractivity contribution in [2.45, 2.75) is 13.0 Å². The van der Waals surface area contributed by atoms with Gasteiger partial charge in [-0.05, 0) is 30.7 Å². The summed E-state index contributed by atoms with van der Waals surface area (Å²) in [6, 6.07) is 14.9. The van der Waals surface area contributed by atoms with E-state index in [0.717, 1.165) is 5.56 Å². The van der Waals surface area contributed by atoms with Gasteiger partial charge in [-0.2, -0.15) is 0 Å². The number of carbonyl (C=O) groups is 1. The Hall–Kier alpha value is -2.49. The van der Waals surface area contributed by atoms with Gasteiger partial charge in [0.2, 0.25) is 0 Å². The summed E-state index contributed by atoms with van der Waals surface area (Å²) in [7, 11) is 3.11. The average Bonchev–Trinajstić information content (AvgIpc) is 2.54. The summed E-state index contributed by atoms with van der Waals surface area (Å²) in [5.41, 5.74) is 1.51. The monoisotopic (exact) mass is 285 g/mol. The number of ether oxygens (including phenoxy) is 2. The topological polar surface area (TPSA) is 47.6 Å². The van der Waals surface area contributed by atoms with Gasteiger partial charge in [0.1, 0.15) is 11.5 Å². The third kappa shape index (κ3) is 3.54. The Balaban J connectivity index is 2.20. The molecule has 0 aliphatic heterocycles. The maximum Gasteiger partial charge on any atom is 0.255 e. The van der Waals surface area contributed by atoms with Crippen LogP contribution in [0.25, 0.3) is 0 Å². The zero-order valence-electron chi connectivity index (χ0n) is 12.4. The molecule has 0 radical (unpaired) electrons. The lowest BCUT2D eigenvalue weighted by molar-refractivity contribution is 0.0936. The van der Waals surface area contributed by atoms with E-state index in [2.05, 4.69) is 5.32 Å². The first-order valence-electron chi connectivity index (χ1n) is 6.73. The third-order valence-electron chi connectivity index (χ3n) is 3.30.